The number of amides is 1. The van der Waals surface area contributed by atoms with E-state index in [-0.39, 0.29) is 5.91 Å². The quantitative estimate of drug-likeness (QED) is 0.0692. The molecular formula is C47H77NO. The molecule has 0 radical (unpaired) electrons. The van der Waals surface area contributed by atoms with Gasteiger partial charge in [0.15, 0.2) is 0 Å². The van der Waals surface area contributed by atoms with Crippen LogP contribution < -0.4 is 0 Å². The van der Waals surface area contributed by atoms with Crippen molar-refractivity contribution >= 4 is 16.7 Å². The lowest BCUT2D eigenvalue weighted by molar-refractivity contribution is 0.0869. The third kappa shape index (κ3) is 22.9. The predicted molar refractivity (Wildman–Crippen MR) is 218 cm³/mol. The van der Waals surface area contributed by atoms with Gasteiger partial charge < -0.3 is 0 Å². The Morgan fingerprint density at radius 3 is 1.18 bits per heavy atom. The maximum atomic E-state index is 13.6. The van der Waals surface area contributed by atoms with Crippen molar-refractivity contribution in [3.63, 3.8) is 0 Å². The normalized spacial score (nSPS) is 11.8. The smallest absolute Gasteiger partial charge is 0.261 e. The van der Waals surface area contributed by atoms with Crippen LogP contribution in [0.15, 0.2) is 67.0 Å². The molecular weight excluding hydrogens is 595 g/mol. The van der Waals surface area contributed by atoms with E-state index in [9.17, 15) is 4.79 Å². The Balaban J connectivity index is 1.64. The van der Waals surface area contributed by atoms with Gasteiger partial charge in [0.05, 0.1) is 0 Å². The summed E-state index contributed by atoms with van der Waals surface area (Å²) in [5.74, 6) is 0.0557. The van der Waals surface area contributed by atoms with Crippen LogP contribution in [0.25, 0.3) is 10.8 Å². The van der Waals surface area contributed by atoms with Crippen molar-refractivity contribution in [1.82, 2.24) is 4.90 Å². The van der Waals surface area contributed by atoms with E-state index in [0.29, 0.717) is 0 Å². The summed E-state index contributed by atoms with van der Waals surface area (Å²) in [7, 11) is 0. The summed E-state index contributed by atoms with van der Waals surface area (Å²) in [6.07, 6.45) is 49.2. The van der Waals surface area contributed by atoms with E-state index in [0.717, 1.165) is 23.8 Å². The van der Waals surface area contributed by atoms with Gasteiger partial charge >= 0.3 is 0 Å². The fourth-order valence-electron chi connectivity index (χ4n) is 6.95. The number of fused-ring (bicyclic) bond motifs is 1. The molecule has 0 saturated carbocycles. The molecule has 0 atom stereocenters. The number of allylic oxidation sites excluding steroid dienone is 2. The molecule has 2 rings (SSSR count). The molecule has 49 heavy (non-hydrogen) atoms. The Labute approximate surface area is 304 Å². The van der Waals surface area contributed by atoms with Crippen LogP contribution in [0.3, 0.4) is 0 Å². The van der Waals surface area contributed by atoms with Crippen LogP contribution in [-0.4, -0.2) is 10.8 Å². The van der Waals surface area contributed by atoms with Crippen molar-refractivity contribution in [2.75, 3.05) is 0 Å². The Bertz CT molecular complexity index is 1060. The number of hydrogen-bond acceptors (Lipinski definition) is 1. The van der Waals surface area contributed by atoms with Gasteiger partial charge in [-0.05, 0) is 48.6 Å². The van der Waals surface area contributed by atoms with Crippen molar-refractivity contribution in [2.45, 2.75) is 206 Å². The van der Waals surface area contributed by atoms with E-state index < -0.39 is 0 Å². The van der Waals surface area contributed by atoms with Crippen LogP contribution in [0.4, 0.5) is 0 Å². The van der Waals surface area contributed by atoms with E-state index in [1.165, 1.54) is 185 Å². The third-order valence-electron chi connectivity index (χ3n) is 10.2. The number of hydrogen-bond donors (Lipinski definition) is 0. The van der Waals surface area contributed by atoms with Crippen molar-refractivity contribution < 1.29 is 4.79 Å². The molecule has 2 nitrogen and oxygen atoms in total. The average Bonchev–Trinajstić information content (AvgIpc) is 3.13. The highest BCUT2D eigenvalue weighted by Crippen LogP contribution is 2.19. The predicted octanol–water partition coefficient (Wildman–Crippen LogP) is 16.1. The molecule has 0 aliphatic carbocycles. The lowest BCUT2D eigenvalue weighted by atomic mass is 10.0. The lowest BCUT2D eigenvalue weighted by Crippen LogP contribution is -2.20. The van der Waals surface area contributed by atoms with Gasteiger partial charge in [-0.3, -0.25) is 9.69 Å². The molecule has 0 aromatic heterocycles. The van der Waals surface area contributed by atoms with Crippen molar-refractivity contribution in [3.05, 3.63) is 72.6 Å². The highest BCUT2D eigenvalue weighted by molar-refractivity contribution is 5.99. The average molecular weight is 672 g/mol. The molecule has 0 N–H and O–H groups in total. The third-order valence-corrected chi connectivity index (χ3v) is 10.2. The summed E-state index contributed by atoms with van der Waals surface area (Å²) in [6, 6.07) is 14.4. The van der Waals surface area contributed by atoms with Gasteiger partial charge in [-0.15, -0.1) is 0 Å². The zero-order chi connectivity index (χ0) is 34.9. The highest BCUT2D eigenvalue weighted by atomic mass is 16.2. The Hall–Kier alpha value is -2.35. The Morgan fingerprint density at radius 1 is 0.449 bits per heavy atom. The van der Waals surface area contributed by atoms with Crippen LogP contribution >= 0.6 is 0 Å². The van der Waals surface area contributed by atoms with Crippen LogP contribution in [0.2, 0.25) is 0 Å². The highest BCUT2D eigenvalue weighted by Gasteiger charge is 2.12. The van der Waals surface area contributed by atoms with Gasteiger partial charge in [-0.25, -0.2) is 0 Å². The monoisotopic (exact) mass is 672 g/mol. The first-order valence-corrected chi connectivity index (χ1v) is 21.4. The van der Waals surface area contributed by atoms with Crippen LogP contribution in [0.1, 0.15) is 217 Å². The number of benzene rings is 2. The number of carbonyl (C=O) groups excluding carboxylic acids is 1. The van der Waals surface area contributed by atoms with Crippen LogP contribution in [0, 0.1) is 0 Å². The lowest BCUT2D eigenvalue weighted by Gasteiger charge is -2.14. The molecule has 0 aliphatic heterocycles. The molecule has 0 spiro atoms. The second-order valence-electron chi connectivity index (χ2n) is 14.8. The van der Waals surface area contributed by atoms with E-state index >= 15 is 0 Å². The maximum absolute atomic E-state index is 13.6. The van der Waals surface area contributed by atoms with E-state index in [1.54, 1.807) is 0 Å². The fraction of sp³-hybridized carbons (Fsp3) is 0.681. The van der Waals surface area contributed by atoms with E-state index in [4.69, 9.17) is 0 Å². The molecule has 2 aromatic rings. The summed E-state index contributed by atoms with van der Waals surface area (Å²) in [4.78, 5) is 15.4. The maximum Gasteiger partial charge on any atom is 0.261 e. The zero-order valence-corrected chi connectivity index (χ0v) is 32.4. The molecule has 2 heteroatoms. The topological polar surface area (TPSA) is 20.3 Å². The SMILES string of the molecule is CCCCCCCCCCCCCCCCC=CN(C=CCCCCCCCCCCCCCCCC)C(=O)c1ccc2ccccc2c1. The van der Waals surface area contributed by atoms with Gasteiger partial charge in [0.1, 0.15) is 0 Å². The van der Waals surface area contributed by atoms with E-state index in [1.807, 2.05) is 35.5 Å². The van der Waals surface area contributed by atoms with Gasteiger partial charge in [-0.2, -0.15) is 0 Å². The van der Waals surface area contributed by atoms with Crippen molar-refractivity contribution in [2.24, 2.45) is 0 Å². The van der Waals surface area contributed by atoms with Gasteiger partial charge in [0, 0.05) is 18.0 Å². The largest absolute Gasteiger partial charge is 0.291 e. The molecule has 0 heterocycles. The summed E-state index contributed by atoms with van der Waals surface area (Å²) in [6.45, 7) is 4.59. The van der Waals surface area contributed by atoms with Gasteiger partial charge in [0.25, 0.3) is 5.91 Å². The number of nitrogens with zero attached hydrogens (tertiary/aromatic N) is 1. The first-order chi connectivity index (χ1) is 24.3. The van der Waals surface area contributed by atoms with Crippen molar-refractivity contribution in [1.29, 1.82) is 0 Å². The molecule has 276 valence electrons. The fourth-order valence-corrected chi connectivity index (χ4v) is 6.95. The van der Waals surface area contributed by atoms with Crippen LogP contribution in [0.5, 0.6) is 0 Å². The first kappa shape index (κ1) is 42.8. The summed E-state index contributed by atoms with van der Waals surface area (Å²) < 4.78 is 0. The number of rotatable bonds is 33. The van der Waals surface area contributed by atoms with Gasteiger partial charge in [0.2, 0.25) is 0 Å². The summed E-state index contributed by atoms with van der Waals surface area (Å²) in [5.41, 5.74) is 0.751. The molecule has 1 amide bonds. The Morgan fingerprint density at radius 2 is 0.796 bits per heavy atom. The second-order valence-corrected chi connectivity index (χ2v) is 14.8. The van der Waals surface area contributed by atoms with Gasteiger partial charge in [-0.1, -0.05) is 223 Å². The standard InChI is InChI=1S/C47H77NO/c1-3-5-7-9-11-13-15-17-19-21-23-25-27-29-31-35-41-48(47(49)46-40-39-44-37-33-34-38-45(44)43-46)42-36-32-30-28-26-24-22-20-18-16-14-12-10-8-6-4-2/h33-43H,3-32H2,1-2H3. The molecule has 0 bridgehead atoms. The summed E-state index contributed by atoms with van der Waals surface area (Å²) >= 11 is 0. The number of carbonyl (C=O) groups is 1. The molecule has 0 fully saturated rings. The molecule has 0 aliphatic rings. The summed E-state index contributed by atoms with van der Waals surface area (Å²) in [5, 5.41) is 2.29. The minimum Gasteiger partial charge on any atom is -0.291 e. The molecule has 0 saturated heterocycles. The Kier molecular flexibility index (Phi) is 27.6. The molecule has 2 aromatic carbocycles. The minimum absolute atomic E-state index is 0.0557. The van der Waals surface area contributed by atoms with E-state index in [2.05, 4.69) is 50.3 Å². The minimum atomic E-state index is 0.0557. The first-order valence-electron chi connectivity index (χ1n) is 21.4. The second kappa shape index (κ2) is 31.6. The van der Waals surface area contributed by atoms with Crippen LogP contribution in [-0.2, 0) is 0 Å². The zero-order valence-electron chi connectivity index (χ0n) is 32.4. The number of unbranched alkanes of at least 4 members (excludes halogenated alkanes) is 28. The van der Waals surface area contributed by atoms with Crippen molar-refractivity contribution in [3.8, 4) is 0 Å². The molecule has 0 unspecified atom stereocenters.